The summed E-state index contributed by atoms with van der Waals surface area (Å²) >= 11 is 7.19. The summed E-state index contributed by atoms with van der Waals surface area (Å²) in [5, 5.41) is 4.97. The Labute approximate surface area is 252 Å². The number of hydrogen-bond donors (Lipinski definition) is 2. The summed E-state index contributed by atoms with van der Waals surface area (Å²) in [7, 11) is 1.53. The summed E-state index contributed by atoms with van der Waals surface area (Å²) < 4.78 is 16.5. The molecule has 3 aromatic carbocycles. The number of anilines is 2. The minimum Gasteiger partial charge on any atom is -0.497 e. The van der Waals surface area contributed by atoms with E-state index in [0.717, 1.165) is 10.5 Å². The van der Waals surface area contributed by atoms with E-state index in [0.29, 0.717) is 34.4 Å². The Morgan fingerprint density at radius 2 is 1.60 bits per heavy atom. The molecule has 42 heavy (non-hydrogen) atoms. The van der Waals surface area contributed by atoms with Gasteiger partial charge in [-0.3, -0.25) is 24.1 Å². The number of ether oxygens (including phenoxy) is 3. The molecular weight excluding hydrogens is 582 g/mol. The van der Waals surface area contributed by atoms with Crippen molar-refractivity contribution in [2.45, 2.75) is 13.8 Å². The van der Waals surface area contributed by atoms with Crippen LogP contribution in [0.5, 0.6) is 17.2 Å². The zero-order chi connectivity index (χ0) is 30.2. The van der Waals surface area contributed by atoms with Gasteiger partial charge in [0.25, 0.3) is 17.1 Å². The molecule has 1 fully saturated rings. The topological polar surface area (TPSA) is 123 Å². The Morgan fingerprint density at radius 3 is 2.24 bits per heavy atom. The molecule has 12 heteroatoms. The first-order valence-electron chi connectivity index (χ1n) is 12.8. The Morgan fingerprint density at radius 1 is 0.952 bits per heavy atom. The molecule has 218 valence electrons. The second-order valence-electron chi connectivity index (χ2n) is 9.01. The van der Waals surface area contributed by atoms with Crippen molar-refractivity contribution >= 4 is 63.8 Å². The van der Waals surface area contributed by atoms with Crippen molar-refractivity contribution in [1.82, 2.24) is 4.90 Å². The molecule has 0 radical (unpaired) electrons. The molecule has 4 amide bonds. The number of amides is 4. The lowest BCUT2D eigenvalue weighted by atomic mass is 10.1. The van der Waals surface area contributed by atoms with Crippen molar-refractivity contribution in [3.8, 4) is 17.2 Å². The fraction of sp³-hybridized carbons (Fsp3) is 0.200. The van der Waals surface area contributed by atoms with Crippen LogP contribution in [0.15, 0.2) is 65.6 Å². The maximum absolute atomic E-state index is 13.0. The van der Waals surface area contributed by atoms with Crippen molar-refractivity contribution in [3.05, 3.63) is 81.7 Å². The second-order valence-corrected chi connectivity index (χ2v) is 10.4. The molecule has 0 saturated carbocycles. The predicted molar refractivity (Wildman–Crippen MR) is 162 cm³/mol. The highest BCUT2D eigenvalue weighted by Gasteiger charge is 2.36. The minimum atomic E-state index is -0.614. The van der Waals surface area contributed by atoms with E-state index in [1.807, 2.05) is 19.1 Å². The van der Waals surface area contributed by atoms with Gasteiger partial charge >= 0.3 is 0 Å². The van der Waals surface area contributed by atoms with Gasteiger partial charge in [-0.25, -0.2) is 0 Å². The standard InChI is InChI=1S/C30H28ClN3O7S/c1-4-40-24-14-19(13-23(31)28(24)41-17-27(36)33-20-7-5-18(2)6-8-20)15-25-29(37)34(30(38)42-25)16-26(35)32-21-9-11-22(39-3)12-10-21/h5-15H,4,16-17H2,1-3H3,(H,32,35)(H,33,36)/b25-15+. The summed E-state index contributed by atoms with van der Waals surface area (Å²) in [6.07, 6.45) is 1.48. The Kier molecular flexibility index (Phi) is 10.1. The molecule has 0 spiro atoms. The van der Waals surface area contributed by atoms with E-state index in [4.69, 9.17) is 25.8 Å². The van der Waals surface area contributed by atoms with Crippen LogP contribution in [-0.2, 0) is 14.4 Å². The van der Waals surface area contributed by atoms with E-state index in [1.165, 1.54) is 19.3 Å². The van der Waals surface area contributed by atoms with Crippen molar-refractivity contribution in [1.29, 1.82) is 0 Å². The van der Waals surface area contributed by atoms with Gasteiger partial charge in [0.2, 0.25) is 5.91 Å². The summed E-state index contributed by atoms with van der Waals surface area (Å²) in [5.41, 5.74) is 2.66. The van der Waals surface area contributed by atoms with Crippen LogP contribution in [0, 0.1) is 6.92 Å². The Bertz CT molecular complexity index is 1530. The summed E-state index contributed by atoms with van der Waals surface area (Å²) in [5.74, 6) is -0.475. The first-order chi connectivity index (χ1) is 20.2. The summed E-state index contributed by atoms with van der Waals surface area (Å²) in [6, 6.07) is 17.1. The Hall–Kier alpha value is -4.48. The molecule has 3 aromatic rings. The monoisotopic (exact) mass is 609 g/mol. The zero-order valence-corrected chi connectivity index (χ0v) is 24.6. The van der Waals surface area contributed by atoms with E-state index >= 15 is 0 Å². The molecule has 1 heterocycles. The second kappa shape index (κ2) is 13.9. The number of nitrogens with one attached hydrogen (secondary N) is 2. The predicted octanol–water partition coefficient (Wildman–Crippen LogP) is 5.75. The number of hydrogen-bond acceptors (Lipinski definition) is 8. The zero-order valence-electron chi connectivity index (χ0n) is 23.1. The average molecular weight is 610 g/mol. The first kappa shape index (κ1) is 30.5. The molecular formula is C30H28ClN3O7S. The normalized spacial score (nSPS) is 13.7. The third-order valence-corrected chi connectivity index (χ3v) is 7.05. The number of rotatable bonds is 11. The fourth-order valence-electron chi connectivity index (χ4n) is 3.85. The quantitative estimate of drug-likeness (QED) is 0.264. The third-order valence-electron chi connectivity index (χ3n) is 5.86. The molecule has 0 atom stereocenters. The van der Waals surface area contributed by atoms with Gasteiger partial charge in [-0.15, -0.1) is 0 Å². The first-order valence-corrected chi connectivity index (χ1v) is 14.0. The lowest BCUT2D eigenvalue weighted by Crippen LogP contribution is -2.36. The van der Waals surface area contributed by atoms with E-state index < -0.39 is 23.6 Å². The fourth-order valence-corrected chi connectivity index (χ4v) is 4.96. The SMILES string of the molecule is CCOc1cc(/C=C2/SC(=O)N(CC(=O)Nc3ccc(OC)cc3)C2=O)cc(Cl)c1OCC(=O)Nc1ccc(C)cc1. The lowest BCUT2D eigenvalue weighted by molar-refractivity contribution is -0.127. The van der Waals surface area contributed by atoms with Crippen LogP contribution in [0.25, 0.3) is 6.08 Å². The number of methoxy groups -OCH3 is 1. The smallest absolute Gasteiger partial charge is 0.294 e. The molecule has 0 aliphatic carbocycles. The van der Waals surface area contributed by atoms with Crippen molar-refractivity contribution in [2.24, 2.45) is 0 Å². The third kappa shape index (κ3) is 7.83. The number of nitrogens with zero attached hydrogens (tertiary/aromatic N) is 1. The van der Waals surface area contributed by atoms with Gasteiger partial charge in [0.05, 0.1) is 23.6 Å². The van der Waals surface area contributed by atoms with Crippen LogP contribution in [0.1, 0.15) is 18.1 Å². The van der Waals surface area contributed by atoms with Crippen LogP contribution in [0.3, 0.4) is 0 Å². The van der Waals surface area contributed by atoms with Crippen LogP contribution < -0.4 is 24.8 Å². The number of halogens is 1. The molecule has 0 aromatic heterocycles. The number of carbonyl (C=O) groups is 4. The van der Waals surface area contributed by atoms with E-state index in [2.05, 4.69) is 10.6 Å². The molecule has 1 aliphatic heterocycles. The molecule has 1 saturated heterocycles. The van der Waals surface area contributed by atoms with Crippen LogP contribution in [-0.4, -0.2) is 54.7 Å². The number of imide groups is 1. The van der Waals surface area contributed by atoms with Gasteiger partial charge in [0.1, 0.15) is 12.3 Å². The molecule has 1 aliphatic rings. The van der Waals surface area contributed by atoms with Crippen molar-refractivity contribution < 1.29 is 33.4 Å². The lowest BCUT2D eigenvalue weighted by Gasteiger charge is -2.15. The molecule has 10 nitrogen and oxygen atoms in total. The van der Waals surface area contributed by atoms with Crippen molar-refractivity contribution in [3.63, 3.8) is 0 Å². The molecule has 4 rings (SSSR count). The van der Waals surface area contributed by atoms with Crippen molar-refractivity contribution in [2.75, 3.05) is 37.5 Å². The maximum Gasteiger partial charge on any atom is 0.294 e. The molecule has 2 N–H and O–H groups in total. The number of benzene rings is 3. The average Bonchev–Trinajstić information content (AvgIpc) is 3.21. The summed E-state index contributed by atoms with van der Waals surface area (Å²) in [6.45, 7) is 3.24. The van der Waals surface area contributed by atoms with Gasteiger partial charge in [0, 0.05) is 11.4 Å². The highest BCUT2D eigenvalue weighted by Crippen LogP contribution is 2.39. The maximum atomic E-state index is 13.0. The van der Waals surface area contributed by atoms with Gasteiger partial charge in [-0.1, -0.05) is 29.3 Å². The minimum absolute atomic E-state index is 0.113. The van der Waals surface area contributed by atoms with Gasteiger partial charge in [0.15, 0.2) is 18.1 Å². The number of thioether (sulfide) groups is 1. The van der Waals surface area contributed by atoms with Crippen LogP contribution >= 0.6 is 23.4 Å². The highest BCUT2D eigenvalue weighted by atomic mass is 35.5. The highest BCUT2D eigenvalue weighted by molar-refractivity contribution is 8.18. The summed E-state index contributed by atoms with van der Waals surface area (Å²) in [4.78, 5) is 51.5. The van der Waals surface area contributed by atoms with Gasteiger partial charge in [-0.2, -0.15) is 0 Å². The van der Waals surface area contributed by atoms with E-state index in [9.17, 15) is 19.2 Å². The Balaban J connectivity index is 1.43. The molecule has 0 bridgehead atoms. The number of carbonyl (C=O) groups excluding carboxylic acids is 4. The van der Waals surface area contributed by atoms with Gasteiger partial charge < -0.3 is 24.8 Å². The van der Waals surface area contributed by atoms with E-state index in [1.54, 1.807) is 49.4 Å². The number of aryl methyl sites for hydroxylation is 1. The van der Waals surface area contributed by atoms with Crippen LogP contribution in [0.2, 0.25) is 5.02 Å². The van der Waals surface area contributed by atoms with Crippen LogP contribution in [0.4, 0.5) is 16.2 Å². The molecule has 0 unspecified atom stereocenters. The van der Waals surface area contributed by atoms with E-state index in [-0.39, 0.29) is 40.5 Å². The van der Waals surface area contributed by atoms with Gasteiger partial charge in [-0.05, 0) is 85.8 Å². The largest absolute Gasteiger partial charge is 0.497 e.